The van der Waals surface area contributed by atoms with Crippen LogP contribution in [0.4, 0.5) is 0 Å². The highest BCUT2D eigenvalue weighted by atomic mass is 16.3. The molecular formula is C10H15NO3. The van der Waals surface area contributed by atoms with Gasteiger partial charge in [0.2, 0.25) is 0 Å². The Bertz CT molecular complexity index is 242. The third kappa shape index (κ3) is 2.42. The number of hydrogen-bond donors (Lipinski definition) is 1. The molecule has 4 nitrogen and oxygen atoms in total. The zero-order valence-electron chi connectivity index (χ0n) is 8.27. The van der Waals surface area contributed by atoms with E-state index in [2.05, 4.69) is 0 Å². The van der Waals surface area contributed by atoms with E-state index in [-0.39, 0.29) is 24.3 Å². The fraction of sp³-hybridized carbons (Fsp3) is 0.600. The predicted molar refractivity (Wildman–Crippen MR) is 51.3 cm³/mol. The Hall–Kier alpha value is -1.16. The summed E-state index contributed by atoms with van der Waals surface area (Å²) in [6, 6.07) is 0. The highest BCUT2D eigenvalue weighted by molar-refractivity contribution is 6.12. The zero-order chi connectivity index (χ0) is 10.6. The summed E-state index contributed by atoms with van der Waals surface area (Å²) >= 11 is 0. The second kappa shape index (κ2) is 4.91. The molecule has 0 aromatic heterocycles. The lowest BCUT2D eigenvalue weighted by Crippen LogP contribution is -2.34. The quantitative estimate of drug-likeness (QED) is 0.646. The summed E-state index contributed by atoms with van der Waals surface area (Å²) in [7, 11) is 0. The first-order valence-corrected chi connectivity index (χ1v) is 4.83. The van der Waals surface area contributed by atoms with Gasteiger partial charge >= 0.3 is 0 Å². The van der Waals surface area contributed by atoms with Gasteiger partial charge in [-0.3, -0.25) is 14.5 Å². The fourth-order valence-electron chi connectivity index (χ4n) is 1.48. The number of carbonyl (C=O) groups is 2. The summed E-state index contributed by atoms with van der Waals surface area (Å²) in [4.78, 5) is 23.6. The minimum Gasteiger partial charge on any atom is -0.396 e. The summed E-state index contributed by atoms with van der Waals surface area (Å²) in [5.74, 6) is -0.287. The van der Waals surface area contributed by atoms with Crippen molar-refractivity contribution in [3.8, 4) is 0 Å². The molecule has 1 aliphatic rings. The second-order valence-corrected chi connectivity index (χ2v) is 3.41. The maximum atomic E-state index is 11.2. The molecule has 1 atom stereocenters. The molecule has 1 unspecified atom stereocenters. The lowest BCUT2D eigenvalue weighted by atomic mass is 10.0. The van der Waals surface area contributed by atoms with E-state index < -0.39 is 0 Å². The van der Waals surface area contributed by atoms with Gasteiger partial charge in [-0.25, -0.2) is 0 Å². The monoisotopic (exact) mass is 197 g/mol. The zero-order valence-corrected chi connectivity index (χ0v) is 8.27. The van der Waals surface area contributed by atoms with E-state index in [1.807, 2.05) is 6.92 Å². The molecule has 0 spiro atoms. The first kappa shape index (κ1) is 10.9. The van der Waals surface area contributed by atoms with Gasteiger partial charge in [-0.15, -0.1) is 0 Å². The van der Waals surface area contributed by atoms with Crippen molar-refractivity contribution >= 4 is 11.8 Å². The van der Waals surface area contributed by atoms with Gasteiger partial charge in [0, 0.05) is 25.3 Å². The molecule has 0 saturated carbocycles. The number of aliphatic hydroxyl groups is 1. The van der Waals surface area contributed by atoms with E-state index >= 15 is 0 Å². The van der Waals surface area contributed by atoms with Crippen molar-refractivity contribution in [1.29, 1.82) is 0 Å². The van der Waals surface area contributed by atoms with Crippen molar-refractivity contribution in [2.45, 2.75) is 19.8 Å². The standard InChI is InChI=1S/C10H15NO3/c1-2-8(5-6-12)7-11-9(13)3-4-10(11)14/h3-4,8,12H,2,5-7H2,1H3. The Balaban J connectivity index is 2.50. The lowest BCUT2D eigenvalue weighted by Gasteiger charge is -2.20. The Labute approximate surface area is 83.2 Å². The van der Waals surface area contributed by atoms with Crippen molar-refractivity contribution in [3.05, 3.63) is 12.2 Å². The van der Waals surface area contributed by atoms with Crippen LogP contribution in [0.5, 0.6) is 0 Å². The SMILES string of the molecule is CCC(CCO)CN1C(=O)C=CC1=O. The Morgan fingerprint density at radius 1 is 1.36 bits per heavy atom. The second-order valence-electron chi connectivity index (χ2n) is 3.41. The molecule has 0 bridgehead atoms. The number of imide groups is 1. The minimum atomic E-state index is -0.244. The molecule has 0 aromatic rings. The van der Waals surface area contributed by atoms with E-state index in [0.29, 0.717) is 13.0 Å². The van der Waals surface area contributed by atoms with E-state index in [1.165, 1.54) is 17.1 Å². The van der Waals surface area contributed by atoms with Crippen LogP contribution < -0.4 is 0 Å². The fourth-order valence-corrected chi connectivity index (χ4v) is 1.48. The van der Waals surface area contributed by atoms with Crippen LogP contribution in [0, 0.1) is 5.92 Å². The van der Waals surface area contributed by atoms with Crippen molar-refractivity contribution in [3.63, 3.8) is 0 Å². The first-order chi connectivity index (χ1) is 6.69. The molecule has 14 heavy (non-hydrogen) atoms. The first-order valence-electron chi connectivity index (χ1n) is 4.83. The molecular weight excluding hydrogens is 182 g/mol. The van der Waals surface area contributed by atoms with E-state index in [1.54, 1.807) is 0 Å². The molecule has 0 aliphatic carbocycles. The Morgan fingerprint density at radius 3 is 2.36 bits per heavy atom. The normalized spacial score (nSPS) is 18.0. The summed E-state index contributed by atoms with van der Waals surface area (Å²) in [6.45, 7) is 2.50. The van der Waals surface area contributed by atoms with Crippen molar-refractivity contribution < 1.29 is 14.7 Å². The number of carbonyl (C=O) groups excluding carboxylic acids is 2. The van der Waals surface area contributed by atoms with Gasteiger partial charge in [0.25, 0.3) is 11.8 Å². The summed E-state index contributed by atoms with van der Waals surface area (Å²) in [5.41, 5.74) is 0. The largest absolute Gasteiger partial charge is 0.396 e. The molecule has 1 heterocycles. The maximum Gasteiger partial charge on any atom is 0.253 e. The van der Waals surface area contributed by atoms with Crippen LogP contribution in [-0.2, 0) is 9.59 Å². The maximum absolute atomic E-state index is 11.2. The lowest BCUT2D eigenvalue weighted by molar-refractivity contribution is -0.137. The molecule has 1 aliphatic heterocycles. The summed E-state index contributed by atoms with van der Waals surface area (Å²) in [5, 5.41) is 8.77. The number of hydrogen-bond acceptors (Lipinski definition) is 3. The molecule has 0 aromatic carbocycles. The molecule has 1 rings (SSSR count). The molecule has 78 valence electrons. The van der Waals surface area contributed by atoms with Crippen molar-refractivity contribution in [2.24, 2.45) is 5.92 Å². The average Bonchev–Trinajstić information content (AvgIpc) is 2.48. The third-order valence-corrected chi connectivity index (χ3v) is 2.46. The Morgan fingerprint density at radius 2 is 1.93 bits per heavy atom. The number of rotatable bonds is 5. The van der Waals surface area contributed by atoms with Gasteiger partial charge in [0.1, 0.15) is 0 Å². The topological polar surface area (TPSA) is 57.6 Å². The van der Waals surface area contributed by atoms with Crippen LogP contribution in [0.3, 0.4) is 0 Å². The van der Waals surface area contributed by atoms with Gasteiger partial charge in [-0.05, 0) is 12.3 Å². The van der Waals surface area contributed by atoms with Gasteiger partial charge in [0.05, 0.1) is 0 Å². The molecule has 2 amide bonds. The molecule has 0 radical (unpaired) electrons. The van der Waals surface area contributed by atoms with Gasteiger partial charge in [0.15, 0.2) is 0 Å². The number of amides is 2. The van der Waals surface area contributed by atoms with Crippen LogP contribution in [0.1, 0.15) is 19.8 Å². The van der Waals surface area contributed by atoms with Crippen molar-refractivity contribution in [1.82, 2.24) is 4.90 Å². The third-order valence-electron chi connectivity index (χ3n) is 2.46. The van der Waals surface area contributed by atoms with Crippen LogP contribution in [0.2, 0.25) is 0 Å². The Kier molecular flexibility index (Phi) is 3.83. The minimum absolute atomic E-state index is 0.0994. The van der Waals surface area contributed by atoms with E-state index in [4.69, 9.17) is 5.11 Å². The molecule has 0 fully saturated rings. The van der Waals surface area contributed by atoms with Crippen LogP contribution >= 0.6 is 0 Å². The van der Waals surface area contributed by atoms with Gasteiger partial charge in [-0.1, -0.05) is 13.3 Å². The summed E-state index contributed by atoms with van der Waals surface area (Å²) in [6.07, 6.45) is 4.06. The van der Waals surface area contributed by atoms with Crippen LogP contribution in [-0.4, -0.2) is 35.0 Å². The molecule has 0 saturated heterocycles. The van der Waals surface area contributed by atoms with Gasteiger partial charge in [-0.2, -0.15) is 0 Å². The highest BCUT2D eigenvalue weighted by Gasteiger charge is 2.25. The highest BCUT2D eigenvalue weighted by Crippen LogP contribution is 2.13. The number of nitrogens with zero attached hydrogens (tertiary/aromatic N) is 1. The van der Waals surface area contributed by atoms with Gasteiger partial charge < -0.3 is 5.11 Å². The van der Waals surface area contributed by atoms with E-state index in [9.17, 15) is 9.59 Å². The smallest absolute Gasteiger partial charge is 0.253 e. The van der Waals surface area contributed by atoms with Crippen LogP contribution in [0.15, 0.2) is 12.2 Å². The van der Waals surface area contributed by atoms with Crippen LogP contribution in [0.25, 0.3) is 0 Å². The molecule has 1 N–H and O–H groups in total. The predicted octanol–water partition coefficient (Wildman–Crippen LogP) is 0.320. The molecule has 4 heteroatoms. The van der Waals surface area contributed by atoms with Crippen molar-refractivity contribution in [2.75, 3.05) is 13.2 Å². The average molecular weight is 197 g/mol. The van der Waals surface area contributed by atoms with E-state index in [0.717, 1.165) is 6.42 Å². The summed E-state index contributed by atoms with van der Waals surface area (Å²) < 4.78 is 0. The number of aliphatic hydroxyl groups excluding tert-OH is 1.